The molecule has 0 radical (unpaired) electrons. The van der Waals surface area contributed by atoms with Gasteiger partial charge in [0.05, 0.1) is 28.0 Å². The summed E-state index contributed by atoms with van der Waals surface area (Å²) in [4.78, 5) is 12.3. The second kappa shape index (κ2) is 5.84. The summed E-state index contributed by atoms with van der Waals surface area (Å²) < 4.78 is 5.68. The van der Waals surface area contributed by atoms with Gasteiger partial charge in [-0.05, 0) is 24.3 Å². The van der Waals surface area contributed by atoms with Crippen LogP contribution in [0.2, 0.25) is 10.0 Å². The molecule has 6 heteroatoms. The Morgan fingerprint density at radius 1 is 1.14 bits per heavy atom. The van der Waals surface area contributed by atoms with Gasteiger partial charge in [-0.2, -0.15) is 0 Å². The summed E-state index contributed by atoms with van der Waals surface area (Å²) in [7, 11) is 0. The summed E-state index contributed by atoms with van der Waals surface area (Å²) in [6.45, 7) is 0.380. The molecule has 0 saturated carbocycles. The zero-order valence-electron chi connectivity index (χ0n) is 10.9. The van der Waals surface area contributed by atoms with Crippen LogP contribution in [0.25, 0.3) is 0 Å². The minimum atomic E-state index is -0.646. The van der Waals surface area contributed by atoms with Crippen LogP contribution in [0, 0.1) is 0 Å². The third-order valence-corrected chi connectivity index (χ3v) is 3.77. The highest BCUT2D eigenvalue weighted by molar-refractivity contribution is 6.39. The number of ether oxygens (including phenoxy) is 1. The minimum absolute atomic E-state index is 0.299. The lowest BCUT2D eigenvalue weighted by atomic mass is 10.2. The molecule has 0 aliphatic carbocycles. The van der Waals surface area contributed by atoms with Crippen molar-refractivity contribution in [2.75, 3.05) is 17.2 Å². The number of carbonyl (C=O) groups is 1. The van der Waals surface area contributed by atoms with Crippen LogP contribution < -0.4 is 15.4 Å². The summed E-state index contributed by atoms with van der Waals surface area (Å²) in [5.41, 5.74) is 1.27. The third kappa shape index (κ3) is 2.91. The molecule has 21 heavy (non-hydrogen) atoms. The number of anilines is 2. The van der Waals surface area contributed by atoms with Gasteiger partial charge in [0, 0.05) is 0 Å². The highest BCUT2D eigenvalue weighted by atomic mass is 35.5. The van der Waals surface area contributed by atoms with Crippen molar-refractivity contribution in [1.82, 2.24) is 0 Å². The summed E-state index contributed by atoms with van der Waals surface area (Å²) in [5, 5.41) is 6.65. The Hall–Kier alpha value is -1.91. The molecule has 0 fully saturated rings. The van der Waals surface area contributed by atoms with Gasteiger partial charge in [-0.15, -0.1) is 0 Å². The van der Waals surface area contributed by atoms with Crippen molar-refractivity contribution < 1.29 is 9.53 Å². The number of hydrogen-bond acceptors (Lipinski definition) is 3. The van der Waals surface area contributed by atoms with Crippen molar-refractivity contribution in [3.05, 3.63) is 52.5 Å². The van der Waals surface area contributed by atoms with Crippen LogP contribution in [0.3, 0.4) is 0 Å². The van der Waals surface area contributed by atoms with Crippen molar-refractivity contribution >= 4 is 40.5 Å². The van der Waals surface area contributed by atoms with Crippen LogP contribution in [0.4, 0.5) is 11.4 Å². The fourth-order valence-corrected chi connectivity index (χ4v) is 2.57. The monoisotopic (exact) mass is 322 g/mol. The summed E-state index contributed by atoms with van der Waals surface area (Å²) in [6, 6.07) is 12.5. The highest BCUT2D eigenvalue weighted by Crippen LogP contribution is 2.31. The summed E-state index contributed by atoms with van der Waals surface area (Å²) in [6.07, 6.45) is -0.646. The first-order valence-electron chi connectivity index (χ1n) is 6.39. The molecule has 1 unspecified atom stereocenters. The number of fused-ring (bicyclic) bond motifs is 1. The van der Waals surface area contributed by atoms with E-state index in [4.69, 9.17) is 27.9 Å². The average Bonchev–Trinajstić information content (AvgIpc) is 2.50. The van der Waals surface area contributed by atoms with Gasteiger partial charge in [0.2, 0.25) is 0 Å². The molecule has 0 bridgehead atoms. The van der Waals surface area contributed by atoms with Crippen molar-refractivity contribution in [2.24, 2.45) is 0 Å². The average molecular weight is 323 g/mol. The predicted molar refractivity (Wildman–Crippen MR) is 84.4 cm³/mol. The van der Waals surface area contributed by atoms with Gasteiger partial charge in [0.15, 0.2) is 6.10 Å². The first-order chi connectivity index (χ1) is 10.1. The molecule has 1 amide bonds. The molecule has 2 N–H and O–H groups in total. The number of para-hydroxylation sites is 3. The van der Waals surface area contributed by atoms with Crippen LogP contribution in [-0.2, 0) is 4.79 Å². The van der Waals surface area contributed by atoms with Crippen molar-refractivity contribution in [3.63, 3.8) is 0 Å². The maximum absolute atomic E-state index is 12.3. The highest BCUT2D eigenvalue weighted by Gasteiger charge is 2.26. The van der Waals surface area contributed by atoms with E-state index in [0.29, 0.717) is 28.0 Å². The standard InChI is InChI=1S/C15H12Cl2N2O2/c16-9-4-3-5-10(17)14(9)19-15(20)13-8-18-11-6-1-2-7-12(11)21-13/h1-7,13,18H,8H2,(H,19,20). The smallest absolute Gasteiger partial charge is 0.267 e. The molecule has 1 aliphatic heterocycles. The van der Waals surface area contributed by atoms with Crippen molar-refractivity contribution in [2.45, 2.75) is 6.10 Å². The second-order valence-electron chi connectivity index (χ2n) is 4.57. The van der Waals surface area contributed by atoms with E-state index in [9.17, 15) is 4.79 Å². The van der Waals surface area contributed by atoms with Crippen LogP contribution >= 0.6 is 23.2 Å². The molecule has 2 aromatic carbocycles. The van der Waals surface area contributed by atoms with E-state index < -0.39 is 6.10 Å². The Morgan fingerprint density at radius 2 is 1.86 bits per heavy atom. The van der Waals surface area contributed by atoms with E-state index >= 15 is 0 Å². The zero-order valence-corrected chi connectivity index (χ0v) is 12.4. The van der Waals surface area contributed by atoms with E-state index in [1.165, 1.54) is 0 Å². The van der Waals surface area contributed by atoms with Crippen LogP contribution in [0.1, 0.15) is 0 Å². The Bertz CT molecular complexity index is 671. The van der Waals surface area contributed by atoms with E-state index in [-0.39, 0.29) is 5.91 Å². The number of carbonyl (C=O) groups excluding carboxylic acids is 1. The van der Waals surface area contributed by atoms with Crippen LogP contribution in [0.15, 0.2) is 42.5 Å². The maximum atomic E-state index is 12.3. The lowest BCUT2D eigenvalue weighted by molar-refractivity contribution is -0.122. The van der Waals surface area contributed by atoms with Gasteiger partial charge in [0.25, 0.3) is 5.91 Å². The quantitative estimate of drug-likeness (QED) is 0.884. The number of rotatable bonds is 2. The lowest BCUT2D eigenvalue weighted by Crippen LogP contribution is -2.41. The fourth-order valence-electron chi connectivity index (χ4n) is 2.08. The maximum Gasteiger partial charge on any atom is 0.267 e. The fraction of sp³-hybridized carbons (Fsp3) is 0.133. The molecule has 0 aromatic heterocycles. The van der Waals surface area contributed by atoms with Crippen molar-refractivity contribution in [3.8, 4) is 5.75 Å². The van der Waals surface area contributed by atoms with E-state index in [0.717, 1.165) is 5.69 Å². The SMILES string of the molecule is O=C(Nc1c(Cl)cccc1Cl)C1CNc2ccccc2O1. The second-order valence-corrected chi connectivity index (χ2v) is 5.38. The Labute approximate surface area is 132 Å². The first-order valence-corrected chi connectivity index (χ1v) is 7.15. The third-order valence-electron chi connectivity index (χ3n) is 3.14. The number of nitrogens with one attached hydrogen (secondary N) is 2. The minimum Gasteiger partial charge on any atom is -0.477 e. The van der Waals surface area contributed by atoms with Gasteiger partial charge < -0.3 is 15.4 Å². The predicted octanol–water partition coefficient (Wildman–Crippen LogP) is 3.81. The number of benzene rings is 2. The Morgan fingerprint density at radius 3 is 2.62 bits per heavy atom. The summed E-state index contributed by atoms with van der Waals surface area (Å²) in [5.74, 6) is 0.348. The molecule has 3 rings (SSSR count). The Balaban J connectivity index is 1.76. The molecule has 1 heterocycles. The van der Waals surface area contributed by atoms with E-state index in [1.54, 1.807) is 18.2 Å². The van der Waals surface area contributed by atoms with Crippen LogP contribution in [-0.4, -0.2) is 18.6 Å². The molecular weight excluding hydrogens is 311 g/mol. The zero-order chi connectivity index (χ0) is 14.8. The normalized spacial score (nSPS) is 16.4. The van der Waals surface area contributed by atoms with Gasteiger partial charge >= 0.3 is 0 Å². The molecule has 108 valence electrons. The Kier molecular flexibility index (Phi) is 3.90. The van der Waals surface area contributed by atoms with Gasteiger partial charge in [-0.3, -0.25) is 4.79 Å². The largest absolute Gasteiger partial charge is 0.477 e. The topological polar surface area (TPSA) is 50.4 Å². The molecule has 0 spiro atoms. The lowest BCUT2D eigenvalue weighted by Gasteiger charge is -2.26. The van der Waals surface area contributed by atoms with E-state index in [2.05, 4.69) is 10.6 Å². The molecule has 1 aliphatic rings. The van der Waals surface area contributed by atoms with Crippen LogP contribution in [0.5, 0.6) is 5.75 Å². The number of amides is 1. The number of hydrogen-bond donors (Lipinski definition) is 2. The van der Waals surface area contributed by atoms with Gasteiger partial charge in [0.1, 0.15) is 5.75 Å². The molecule has 4 nitrogen and oxygen atoms in total. The van der Waals surface area contributed by atoms with Crippen molar-refractivity contribution in [1.29, 1.82) is 0 Å². The first kappa shape index (κ1) is 14.0. The molecule has 2 aromatic rings. The molecular formula is C15H12Cl2N2O2. The molecule has 1 atom stereocenters. The van der Waals surface area contributed by atoms with Gasteiger partial charge in [-0.25, -0.2) is 0 Å². The molecule has 0 saturated heterocycles. The van der Waals surface area contributed by atoms with E-state index in [1.807, 2.05) is 24.3 Å². The van der Waals surface area contributed by atoms with Gasteiger partial charge in [-0.1, -0.05) is 41.4 Å². The number of halogens is 2. The summed E-state index contributed by atoms with van der Waals surface area (Å²) >= 11 is 12.1.